The molecule has 1 fully saturated rings. The Balaban J connectivity index is 1.45. The van der Waals surface area contributed by atoms with Crippen molar-refractivity contribution < 1.29 is 13.9 Å². The molecular formula is C19H28N4O3. The average Bonchev–Trinajstić information content (AvgIpc) is 3.15. The number of hydrogen-bond acceptors (Lipinski definition) is 5. The van der Waals surface area contributed by atoms with Crippen LogP contribution in [0.4, 0.5) is 0 Å². The number of piperidine rings is 1. The third kappa shape index (κ3) is 4.27. The van der Waals surface area contributed by atoms with Crippen molar-refractivity contribution in [3.05, 3.63) is 34.9 Å². The number of hydrogen-bond donors (Lipinski definition) is 1. The highest BCUT2D eigenvalue weighted by Crippen LogP contribution is 2.22. The van der Waals surface area contributed by atoms with E-state index in [9.17, 15) is 4.79 Å². The number of carbonyl (C=O) groups is 1. The van der Waals surface area contributed by atoms with Gasteiger partial charge in [-0.2, -0.15) is 0 Å². The van der Waals surface area contributed by atoms with Crippen molar-refractivity contribution in [2.75, 3.05) is 26.7 Å². The first-order valence-electron chi connectivity index (χ1n) is 9.10. The van der Waals surface area contributed by atoms with E-state index in [4.69, 9.17) is 9.15 Å². The number of ether oxygens (including phenoxy) is 1. The van der Waals surface area contributed by atoms with Crippen LogP contribution in [0.5, 0.6) is 5.88 Å². The molecule has 0 aliphatic carbocycles. The molecular weight excluding hydrogens is 332 g/mol. The number of methoxy groups -OCH3 is 1. The van der Waals surface area contributed by atoms with Crippen LogP contribution in [0.2, 0.25) is 0 Å². The number of nitrogens with one attached hydrogen (secondary N) is 1. The lowest BCUT2D eigenvalue weighted by Gasteiger charge is -2.31. The van der Waals surface area contributed by atoms with Gasteiger partial charge in [-0.3, -0.25) is 14.4 Å². The number of aryl methyl sites for hydroxylation is 3. The summed E-state index contributed by atoms with van der Waals surface area (Å²) in [5, 5.41) is 7.15. The molecule has 0 atom stereocenters. The second-order valence-corrected chi connectivity index (χ2v) is 7.09. The summed E-state index contributed by atoms with van der Waals surface area (Å²) >= 11 is 0. The molecule has 1 aliphatic heterocycles. The molecule has 1 aliphatic rings. The highest BCUT2D eigenvalue weighted by atomic mass is 16.5. The van der Waals surface area contributed by atoms with Crippen molar-refractivity contribution in [1.29, 1.82) is 0 Å². The van der Waals surface area contributed by atoms with Gasteiger partial charge in [0.05, 0.1) is 7.11 Å². The first-order chi connectivity index (χ1) is 12.5. The van der Waals surface area contributed by atoms with E-state index in [1.54, 1.807) is 17.9 Å². The molecule has 1 amide bonds. The van der Waals surface area contributed by atoms with Gasteiger partial charge in [0.2, 0.25) is 5.88 Å². The van der Waals surface area contributed by atoms with Gasteiger partial charge < -0.3 is 14.5 Å². The maximum absolute atomic E-state index is 12.4. The first-order valence-corrected chi connectivity index (χ1v) is 9.10. The van der Waals surface area contributed by atoms with Gasteiger partial charge in [0.15, 0.2) is 0 Å². The van der Waals surface area contributed by atoms with Gasteiger partial charge in [-0.25, -0.2) is 0 Å². The number of amides is 1. The maximum atomic E-state index is 12.4. The van der Waals surface area contributed by atoms with Gasteiger partial charge in [0.25, 0.3) is 5.91 Å². The highest BCUT2D eigenvalue weighted by molar-refractivity contribution is 5.96. The van der Waals surface area contributed by atoms with E-state index in [0.29, 0.717) is 23.9 Å². The zero-order valence-corrected chi connectivity index (χ0v) is 16.0. The Morgan fingerprint density at radius 3 is 2.73 bits per heavy atom. The van der Waals surface area contributed by atoms with Crippen LogP contribution in [-0.2, 0) is 13.6 Å². The number of aromatic nitrogens is 2. The Morgan fingerprint density at radius 2 is 2.12 bits per heavy atom. The highest BCUT2D eigenvalue weighted by Gasteiger charge is 2.22. The number of rotatable bonds is 6. The topological polar surface area (TPSA) is 72.5 Å². The summed E-state index contributed by atoms with van der Waals surface area (Å²) in [6.45, 7) is 7.73. The summed E-state index contributed by atoms with van der Waals surface area (Å²) in [5.41, 5.74) is 1.76. The zero-order chi connectivity index (χ0) is 18.7. The second-order valence-electron chi connectivity index (χ2n) is 7.09. The molecule has 26 heavy (non-hydrogen) atoms. The van der Waals surface area contributed by atoms with Crippen molar-refractivity contribution in [2.24, 2.45) is 13.0 Å². The van der Waals surface area contributed by atoms with Gasteiger partial charge in [0.1, 0.15) is 17.1 Å². The van der Waals surface area contributed by atoms with E-state index < -0.39 is 0 Å². The third-order valence-corrected chi connectivity index (χ3v) is 5.03. The molecule has 2 aromatic heterocycles. The fraction of sp³-hybridized carbons (Fsp3) is 0.579. The molecule has 0 saturated carbocycles. The van der Waals surface area contributed by atoms with Gasteiger partial charge in [-0.05, 0) is 51.8 Å². The Kier molecular flexibility index (Phi) is 5.66. The van der Waals surface area contributed by atoms with Crippen molar-refractivity contribution in [1.82, 2.24) is 20.0 Å². The summed E-state index contributed by atoms with van der Waals surface area (Å²) < 4.78 is 12.4. The quantitative estimate of drug-likeness (QED) is 0.856. The van der Waals surface area contributed by atoms with Crippen molar-refractivity contribution >= 4 is 5.91 Å². The predicted molar refractivity (Wildman–Crippen MR) is 98.3 cm³/mol. The SMILES string of the molecule is COc1nn(C)cc1C(=O)NCC1CCN(Cc2cc(C)oc2C)CC1. The Labute approximate surface area is 154 Å². The summed E-state index contributed by atoms with van der Waals surface area (Å²) in [7, 11) is 3.30. The van der Waals surface area contributed by atoms with Gasteiger partial charge in [-0.1, -0.05) is 0 Å². The van der Waals surface area contributed by atoms with E-state index in [2.05, 4.69) is 21.4 Å². The van der Waals surface area contributed by atoms with Gasteiger partial charge in [-0.15, -0.1) is 5.10 Å². The van der Waals surface area contributed by atoms with Crippen LogP contribution in [-0.4, -0.2) is 47.3 Å². The van der Waals surface area contributed by atoms with E-state index >= 15 is 0 Å². The van der Waals surface area contributed by atoms with Crippen LogP contribution in [0.3, 0.4) is 0 Å². The molecule has 0 spiro atoms. The van der Waals surface area contributed by atoms with Crippen LogP contribution < -0.4 is 10.1 Å². The Morgan fingerprint density at radius 1 is 1.38 bits per heavy atom. The van der Waals surface area contributed by atoms with Crippen LogP contribution in [0.1, 0.15) is 40.3 Å². The van der Waals surface area contributed by atoms with Crippen molar-refractivity contribution in [3.8, 4) is 5.88 Å². The van der Waals surface area contributed by atoms with Crippen molar-refractivity contribution in [3.63, 3.8) is 0 Å². The average molecular weight is 360 g/mol. The summed E-state index contributed by atoms with van der Waals surface area (Å²) in [6, 6.07) is 2.13. The lowest BCUT2D eigenvalue weighted by molar-refractivity contribution is 0.0932. The predicted octanol–water partition coefficient (Wildman–Crippen LogP) is 2.28. The molecule has 0 aromatic carbocycles. The number of furan rings is 1. The van der Waals surface area contributed by atoms with Gasteiger partial charge >= 0.3 is 0 Å². The van der Waals surface area contributed by atoms with E-state index in [1.807, 2.05) is 13.8 Å². The van der Waals surface area contributed by atoms with E-state index in [0.717, 1.165) is 44.0 Å². The van der Waals surface area contributed by atoms with E-state index in [1.165, 1.54) is 12.7 Å². The number of carbonyl (C=O) groups excluding carboxylic acids is 1. The molecule has 3 rings (SSSR count). The van der Waals surface area contributed by atoms with Crippen molar-refractivity contribution in [2.45, 2.75) is 33.2 Å². The number of likely N-dealkylation sites (tertiary alicyclic amines) is 1. The lowest BCUT2D eigenvalue weighted by Crippen LogP contribution is -2.38. The molecule has 1 N–H and O–H groups in total. The van der Waals surface area contributed by atoms with Crippen LogP contribution in [0.15, 0.2) is 16.7 Å². The molecule has 7 heteroatoms. The van der Waals surface area contributed by atoms with Crippen LogP contribution >= 0.6 is 0 Å². The number of nitrogens with zero attached hydrogens (tertiary/aromatic N) is 3. The monoisotopic (exact) mass is 360 g/mol. The molecule has 0 bridgehead atoms. The third-order valence-electron chi connectivity index (χ3n) is 5.03. The molecule has 3 heterocycles. The molecule has 2 aromatic rings. The Hall–Kier alpha value is -2.28. The first kappa shape index (κ1) is 18.5. The van der Waals surface area contributed by atoms with Gasteiger partial charge in [0, 0.05) is 31.9 Å². The molecule has 142 valence electrons. The minimum Gasteiger partial charge on any atom is -0.479 e. The molecule has 0 radical (unpaired) electrons. The zero-order valence-electron chi connectivity index (χ0n) is 16.0. The Bertz CT molecular complexity index is 757. The largest absolute Gasteiger partial charge is 0.479 e. The maximum Gasteiger partial charge on any atom is 0.258 e. The molecule has 0 unspecified atom stereocenters. The molecule has 1 saturated heterocycles. The minimum atomic E-state index is -0.123. The normalized spacial score (nSPS) is 16.0. The minimum absolute atomic E-state index is 0.123. The lowest BCUT2D eigenvalue weighted by atomic mass is 9.96. The van der Waals surface area contributed by atoms with Crippen LogP contribution in [0, 0.1) is 19.8 Å². The fourth-order valence-electron chi connectivity index (χ4n) is 3.54. The van der Waals surface area contributed by atoms with Crippen LogP contribution in [0.25, 0.3) is 0 Å². The fourth-order valence-corrected chi connectivity index (χ4v) is 3.54. The standard InChI is InChI=1S/C19H28N4O3/c1-13-9-16(14(2)26-13)11-23-7-5-15(6-8-23)10-20-18(24)17-12-22(3)21-19(17)25-4/h9,12,15H,5-8,10-11H2,1-4H3,(H,20,24). The summed E-state index contributed by atoms with van der Waals surface area (Å²) in [5.74, 6) is 2.74. The summed E-state index contributed by atoms with van der Waals surface area (Å²) in [4.78, 5) is 14.8. The second kappa shape index (κ2) is 7.95. The smallest absolute Gasteiger partial charge is 0.258 e. The molecule has 7 nitrogen and oxygen atoms in total. The summed E-state index contributed by atoms with van der Waals surface area (Å²) in [6.07, 6.45) is 3.85. The van der Waals surface area contributed by atoms with E-state index in [-0.39, 0.29) is 5.91 Å².